The second kappa shape index (κ2) is 6.79. The Morgan fingerprint density at radius 2 is 1.55 bits per heavy atom. The number of hydrogen-bond acceptors (Lipinski definition) is 2. The second-order valence-corrected chi connectivity index (χ2v) is 6.22. The lowest BCUT2D eigenvalue weighted by atomic mass is 10.1. The molecule has 0 bridgehead atoms. The van der Waals surface area contributed by atoms with Crippen LogP contribution in [0.2, 0.25) is 0 Å². The van der Waals surface area contributed by atoms with Gasteiger partial charge in [-0.1, -0.05) is 30.3 Å². The molecular formula is C18H15IN2O. The van der Waals surface area contributed by atoms with E-state index < -0.39 is 0 Å². The number of nitrogens with one attached hydrogen (secondary N) is 2. The van der Waals surface area contributed by atoms with Gasteiger partial charge in [0.05, 0.1) is 6.54 Å². The lowest BCUT2D eigenvalue weighted by Crippen LogP contribution is -2.21. The molecule has 0 saturated heterocycles. The van der Waals surface area contributed by atoms with Crippen LogP contribution < -0.4 is 10.6 Å². The van der Waals surface area contributed by atoms with E-state index in [0.29, 0.717) is 0 Å². The Morgan fingerprint density at radius 1 is 0.864 bits per heavy atom. The first-order valence-electron chi connectivity index (χ1n) is 6.99. The molecule has 2 N–H and O–H groups in total. The maximum atomic E-state index is 12.0. The minimum absolute atomic E-state index is 0.0608. The Balaban J connectivity index is 1.60. The van der Waals surface area contributed by atoms with Crippen molar-refractivity contribution in [1.29, 1.82) is 0 Å². The summed E-state index contributed by atoms with van der Waals surface area (Å²) in [6.45, 7) is 0.240. The van der Waals surface area contributed by atoms with Crippen molar-refractivity contribution in [2.24, 2.45) is 0 Å². The summed E-state index contributed by atoms with van der Waals surface area (Å²) in [7, 11) is 0. The number of amides is 1. The molecular weight excluding hydrogens is 387 g/mol. The van der Waals surface area contributed by atoms with Gasteiger partial charge in [-0.05, 0) is 69.8 Å². The third-order valence-corrected chi connectivity index (χ3v) is 4.05. The van der Waals surface area contributed by atoms with E-state index in [1.165, 1.54) is 5.39 Å². The summed E-state index contributed by atoms with van der Waals surface area (Å²) >= 11 is 2.24. The molecule has 0 fully saturated rings. The van der Waals surface area contributed by atoms with E-state index in [-0.39, 0.29) is 12.5 Å². The summed E-state index contributed by atoms with van der Waals surface area (Å²) in [4.78, 5) is 12.0. The Morgan fingerprint density at radius 3 is 2.32 bits per heavy atom. The number of halogens is 1. The largest absolute Gasteiger partial charge is 0.376 e. The number of benzene rings is 3. The molecule has 110 valence electrons. The standard InChI is InChI=1S/C18H15IN2O/c19-15-6-9-16(10-7-15)21-18(22)12-20-17-8-5-13-3-1-2-4-14(13)11-17/h1-11,20H,12H2,(H,21,22). The number of anilines is 2. The normalized spacial score (nSPS) is 10.4. The van der Waals surface area contributed by atoms with Crippen molar-refractivity contribution in [3.05, 3.63) is 70.3 Å². The Hall–Kier alpha value is -2.08. The van der Waals surface area contributed by atoms with Gasteiger partial charge in [0.2, 0.25) is 5.91 Å². The summed E-state index contributed by atoms with van der Waals surface area (Å²) in [6, 6.07) is 22.0. The fourth-order valence-corrected chi connectivity index (χ4v) is 2.58. The predicted octanol–water partition coefficient (Wildman–Crippen LogP) is 4.50. The molecule has 0 heterocycles. The van der Waals surface area contributed by atoms with E-state index in [9.17, 15) is 4.79 Å². The molecule has 3 nitrogen and oxygen atoms in total. The number of fused-ring (bicyclic) bond motifs is 1. The Bertz CT molecular complexity index is 800. The van der Waals surface area contributed by atoms with Crippen LogP contribution in [0.3, 0.4) is 0 Å². The lowest BCUT2D eigenvalue weighted by molar-refractivity contribution is -0.114. The van der Waals surface area contributed by atoms with Crippen molar-refractivity contribution in [2.45, 2.75) is 0 Å². The van der Waals surface area contributed by atoms with E-state index in [4.69, 9.17) is 0 Å². The van der Waals surface area contributed by atoms with E-state index in [0.717, 1.165) is 20.3 Å². The van der Waals surface area contributed by atoms with Crippen molar-refractivity contribution in [1.82, 2.24) is 0 Å². The van der Waals surface area contributed by atoms with Gasteiger partial charge in [0.1, 0.15) is 0 Å². The zero-order valence-corrected chi connectivity index (χ0v) is 14.0. The molecule has 0 aromatic heterocycles. The average Bonchev–Trinajstić information content (AvgIpc) is 2.55. The summed E-state index contributed by atoms with van der Waals surface area (Å²) in [6.07, 6.45) is 0. The van der Waals surface area contributed by atoms with Gasteiger partial charge in [0.15, 0.2) is 0 Å². The highest BCUT2D eigenvalue weighted by Gasteiger charge is 2.03. The molecule has 1 amide bonds. The van der Waals surface area contributed by atoms with Gasteiger partial charge in [-0.3, -0.25) is 4.79 Å². The smallest absolute Gasteiger partial charge is 0.243 e. The highest BCUT2D eigenvalue weighted by molar-refractivity contribution is 14.1. The van der Waals surface area contributed by atoms with Crippen molar-refractivity contribution < 1.29 is 4.79 Å². The minimum Gasteiger partial charge on any atom is -0.376 e. The first kappa shape index (κ1) is 14.8. The van der Waals surface area contributed by atoms with Crippen LogP contribution in [0, 0.1) is 3.57 Å². The maximum absolute atomic E-state index is 12.0. The maximum Gasteiger partial charge on any atom is 0.243 e. The van der Waals surface area contributed by atoms with Gasteiger partial charge in [-0.15, -0.1) is 0 Å². The average molecular weight is 402 g/mol. The molecule has 0 atom stereocenters. The summed E-state index contributed by atoms with van der Waals surface area (Å²) in [5.41, 5.74) is 1.75. The zero-order valence-electron chi connectivity index (χ0n) is 11.8. The Labute approximate surface area is 142 Å². The molecule has 0 saturated carbocycles. The summed E-state index contributed by atoms with van der Waals surface area (Å²) in [5.74, 6) is -0.0608. The van der Waals surface area contributed by atoms with Crippen LogP contribution in [0.4, 0.5) is 11.4 Å². The molecule has 0 radical (unpaired) electrons. The fraction of sp³-hybridized carbons (Fsp3) is 0.0556. The molecule has 3 aromatic carbocycles. The monoisotopic (exact) mass is 402 g/mol. The van der Waals surface area contributed by atoms with Crippen LogP contribution >= 0.6 is 22.6 Å². The summed E-state index contributed by atoms with van der Waals surface area (Å²) < 4.78 is 1.14. The first-order valence-corrected chi connectivity index (χ1v) is 8.07. The highest BCUT2D eigenvalue weighted by atomic mass is 127. The van der Waals surface area contributed by atoms with Gasteiger partial charge in [0, 0.05) is 14.9 Å². The fourth-order valence-electron chi connectivity index (χ4n) is 2.22. The molecule has 22 heavy (non-hydrogen) atoms. The molecule has 0 spiro atoms. The third-order valence-electron chi connectivity index (χ3n) is 3.33. The van der Waals surface area contributed by atoms with Crippen LogP contribution in [-0.4, -0.2) is 12.5 Å². The number of carbonyl (C=O) groups is 1. The van der Waals surface area contributed by atoms with Crippen molar-refractivity contribution in [3.63, 3.8) is 0 Å². The number of hydrogen-bond donors (Lipinski definition) is 2. The molecule has 3 rings (SSSR count). The van der Waals surface area contributed by atoms with Crippen LogP contribution in [0.25, 0.3) is 10.8 Å². The molecule has 4 heteroatoms. The Kier molecular flexibility index (Phi) is 4.58. The van der Waals surface area contributed by atoms with Crippen LogP contribution in [0.15, 0.2) is 66.7 Å². The third kappa shape index (κ3) is 3.76. The molecule has 0 unspecified atom stereocenters. The van der Waals surface area contributed by atoms with Gasteiger partial charge in [-0.25, -0.2) is 0 Å². The van der Waals surface area contributed by atoms with Crippen LogP contribution in [0.5, 0.6) is 0 Å². The van der Waals surface area contributed by atoms with E-state index in [2.05, 4.69) is 51.4 Å². The second-order valence-electron chi connectivity index (χ2n) is 4.97. The highest BCUT2D eigenvalue weighted by Crippen LogP contribution is 2.18. The molecule has 0 aliphatic heterocycles. The van der Waals surface area contributed by atoms with Crippen molar-refractivity contribution in [2.75, 3.05) is 17.2 Å². The first-order chi connectivity index (χ1) is 10.7. The number of carbonyl (C=O) groups excluding carboxylic acids is 1. The van der Waals surface area contributed by atoms with E-state index in [1.54, 1.807) is 0 Å². The van der Waals surface area contributed by atoms with Crippen LogP contribution in [0.1, 0.15) is 0 Å². The SMILES string of the molecule is O=C(CNc1ccc2ccccc2c1)Nc1ccc(I)cc1. The van der Waals surface area contributed by atoms with Gasteiger partial charge >= 0.3 is 0 Å². The van der Waals surface area contributed by atoms with Gasteiger partial charge in [0.25, 0.3) is 0 Å². The van der Waals surface area contributed by atoms with Gasteiger partial charge < -0.3 is 10.6 Å². The van der Waals surface area contributed by atoms with Crippen LogP contribution in [-0.2, 0) is 4.79 Å². The minimum atomic E-state index is -0.0608. The predicted molar refractivity (Wildman–Crippen MR) is 100 cm³/mol. The molecule has 0 aliphatic rings. The summed E-state index contributed by atoms with van der Waals surface area (Å²) in [5, 5.41) is 8.38. The quantitative estimate of drug-likeness (QED) is 0.632. The molecule has 3 aromatic rings. The topological polar surface area (TPSA) is 41.1 Å². The van der Waals surface area contributed by atoms with E-state index in [1.807, 2.05) is 48.5 Å². The zero-order chi connectivity index (χ0) is 15.4. The lowest BCUT2D eigenvalue weighted by Gasteiger charge is -2.09. The van der Waals surface area contributed by atoms with Crippen molar-refractivity contribution in [3.8, 4) is 0 Å². The van der Waals surface area contributed by atoms with Crippen molar-refractivity contribution >= 4 is 50.6 Å². The molecule has 0 aliphatic carbocycles. The van der Waals surface area contributed by atoms with Gasteiger partial charge in [-0.2, -0.15) is 0 Å². The number of rotatable bonds is 4. The van der Waals surface area contributed by atoms with E-state index >= 15 is 0 Å².